The Kier molecular flexibility index (Phi) is 5.41. The van der Waals surface area contributed by atoms with E-state index in [1.165, 1.54) is 35.2 Å². The molecule has 1 amide bonds. The zero-order valence-corrected chi connectivity index (χ0v) is 17.1. The predicted octanol–water partition coefficient (Wildman–Crippen LogP) is 3.87. The van der Waals surface area contributed by atoms with Crippen molar-refractivity contribution in [2.75, 3.05) is 11.1 Å². The Morgan fingerprint density at radius 1 is 1.17 bits per heavy atom. The van der Waals surface area contributed by atoms with Gasteiger partial charge in [0, 0.05) is 5.69 Å². The van der Waals surface area contributed by atoms with E-state index in [9.17, 15) is 9.18 Å². The zero-order chi connectivity index (χ0) is 20.4. The third-order valence-electron chi connectivity index (χ3n) is 3.92. The first-order chi connectivity index (χ1) is 14.0. The van der Waals surface area contributed by atoms with Gasteiger partial charge in [0.05, 0.1) is 17.6 Å². The lowest BCUT2D eigenvalue weighted by molar-refractivity contribution is -0.113. The fraction of sp³-hybridized carbons (Fsp3) is 0.167. The van der Waals surface area contributed by atoms with Crippen LogP contribution in [0.1, 0.15) is 10.8 Å². The minimum Gasteiger partial charge on any atom is -0.469 e. The van der Waals surface area contributed by atoms with Crippen molar-refractivity contribution in [2.45, 2.75) is 19.0 Å². The van der Waals surface area contributed by atoms with Crippen LogP contribution >= 0.6 is 23.1 Å². The Morgan fingerprint density at radius 3 is 2.62 bits per heavy atom. The summed E-state index contributed by atoms with van der Waals surface area (Å²) >= 11 is 2.51. The van der Waals surface area contributed by atoms with Crippen LogP contribution in [0.5, 0.6) is 0 Å². The molecule has 29 heavy (non-hydrogen) atoms. The maximum absolute atomic E-state index is 13.4. The smallest absolute Gasteiger partial charge is 0.236 e. The molecule has 8 nitrogen and oxygen atoms in total. The van der Waals surface area contributed by atoms with Crippen molar-refractivity contribution in [2.24, 2.45) is 0 Å². The number of halogens is 1. The highest BCUT2D eigenvalue weighted by Crippen LogP contribution is 2.30. The van der Waals surface area contributed by atoms with E-state index >= 15 is 0 Å². The van der Waals surface area contributed by atoms with Crippen molar-refractivity contribution in [3.05, 3.63) is 53.2 Å². The van der Waals surface area contributed by atoms with Gasteiger partial charge in [-0.1, -0.05) is 23.1 Å². The molecule has 0 atom stereocenters. The van der Waals surface area contributed by atoms with E-state index in [-0.39, 0.29) is 17.5 Å². The number of nitrogens with one attached hydrogen (secondary N) is 1. The quantitative estimate of drug-likeness (QED) is 0.464. The van der Waals surface area contributed by atoms with Gasteiger partial charge in [-0.05, 0) is 44.2 Å². The van der Waals surface area contributed by atoms with E-state index in [1.54, 1.807) is 29.0 Å². The lowest BCUT2D eigenvalue weighted by Crippen LogP contribution is -2.14. The molecule has 0 spiro atoms. The van der Waals surface area contributed by atoms with Gasteiger partial charge in [-0.25, -0.2) is 4.39 Å². The van der Waals surface area contributed by atoms with E-state index in [0.29, 0.717) is 27.6 Å². The second kappa shape index (κ2) is 8.13. The molecular weight excluding hydrogens is 415 g/mol. The minimum atomic E-state index is -0.344. The number of carbonyl (C=O) groups is 1. The first-order valence-corrected chi connectivity index (χ1v) is 10.3. The van der Waals surface area contributed by atoms with Crippen LogP contribution in [0.25, 0.3) is 17.1 Å². The SMILES string of the molecule is Cc1nnc(NC(=O)CSc2nnc(-c3ccoc3C)n2-c2ccc(F)cc2)s1. The lowest BCUT2D eigenvalue weighted by Gasteiger charge is -2.10. The van der Waals surface area contributed by atoms with Gasteiger partial charge in [0.1, 0.15) is 16.6 Å². The fourth-order valence-electron chi connectivity index (χ4n) is 2.61. The van der Waals surface area contributed by atoms with Crippen molar-refractivity contribution in [1.82, 2.24) is 25.0 Å². The molecule has 1 aromatic carbocycles. The number of nitrogens with zero attached hydrogens (tertiary/aromatic N) is 5. The molecule has 0 aliphatic heterocycles. The predicted molar refractivity (Wildman–Crippen MR) is 108 cm³/mol. The summed E-state index contributed by atoms with van der Waals surface area (Å²) in [5.74, 6) is 0.749. The number of aromatic nitrogens is 5. The zero-order valence-electron chi connectivity index (χ0n) is 15.4. The van der Waals surface area contributed by atoms with Crippen molar-refractivity contribution < 1.29 is 13.6 Å². The number of thioether (sulfide) groups is 1. The molecule has 11 heteroatoms. The standard InChI is InChI=1S/C18H15FN6O2S2/c1-10-14(7-8-27-10)16-22-24-18(25(16)13-5-3-12(19)4-6-13)28-9-15(26)20-17-23-21-11(2)29-17/h3-8H,9H2,1-2H3,(H,20,23,26). The van der Waals surface area contributed by atoms with Crippen LogP contribution in [0, 0.1) is 19.7 Å². The average Bonchev–Trinajstić information content (AvgIpc) is 3.41. The molecule has 4 aromatic rings. The summed E-state index contributed by atoms with van der Waals surface area (Å²) in [6.45, 7) is 3.63. The minimum absolute atomic E-state index is 0.0995. The lowest BCUT2D eigenvalue weighted by atomic mass is 10.2. The van der Waals surface area contributed by atoms with Crippen LogP contribution in [0.2, 0.25) is 0 Å². The van der Waals surface area contributed by atoms with E-state index < -0.39 is 0 Å². The Morgan fingerprint density at radius 2 is 1.97 bits per heavy atom. The first kappa shape index (κ1) is 19.3. The maximum Gasteiger partial charge on any atom is 0.236 e. The van der Waals surface area contributed by atoms with Crippen LogP contribution in [0.15, 0.2) is 46.2 Å². The van der Waals surface area contributed by atoms with Crippen molar-refractivity contribution in [3.63, 3.8) is 0 Å². The van der Waals surface area contributed by atoms with Gasteiger partial charge in [-0.15, -0.1) is 20.4 Å². The number of benzene rings is 1. The van der Waals surface area contributed by atoms with Crippen molar-refractivity contribution >= 4 is 34.1 Å². The van der Waals surface area contributed by atoms with E-state index in [2.05, 4.69) is 25.7 Å². The summed E-state index contributed by atoms with van der Waals surface area (Å²) in [6.07, 6.45) is 1.57. The maximum atomic E-state index is 13.4. The average molecular weight is 430 g/mol. The van der Waals surface area contributed by atoms with Gasteiger partial charge in [0.15, 0.2) is 11.0 Å². The summed E-state index contributed by atoms with van der Waals surface area (Å²) in [6, 6.07) is 7.77. The number of hydrogen-bond donors (Lipinski definition) is 1. The summed E-state index contributed by atoms with van der Waals surface area (Å²) in [7, 11) is 0. The summed E-state index contributed by atoms with van der Waals surface area (Å²) in [4.78, 5) is 12.3. The topological polar surface area (TPSA) is 98.7 Å². The third kappa shape index (κ3) is 4.20. The molecule has 1 N–H and O–H groups in total. The third-order valence-corrected chi connectivity index (χ3v) is 5.61. The Balaban J connectivity index is 1.61. The highest BCUT2D eigenvalue weighted by atomic mass is 32.2. The van der Waals surface area contributed by atoms with Crippen LogP contribution in [-0.2, 0) is 4.79 Å². The van der Waals surface area contributed by atoms with Gasteiger partial charge < -0.3 is 4.42 Å². The monoisotopic (exact) mass is 430 g/mol. The summed E-state index contributed by atoms with van der Waals surface area (Å²) in [5, 5.41) is 20.7. The normalized spacial score (nSPS) is 11.0. The van der Waals surface area contributed by atoms with E-state index in [4.69, 9.17) is 4.42 Å². The number of anilines is 1. The van der Waals surface area contributed by atoms with Gasteiger partial charge in [-0.3, -0.25) is 14.7 Å². The number of furan rings is 1. The van der Waals surface area contributed by atoms with Crippen molar-refractivity contribution in [1.29, 1.82) is 0 Å². The molecule has 3 heterocycles. The highest BCUT2D eigenvalue weighted by molar-refractivity contribution is 7.99. The van der Waals surface area contributed by atoms with Gasteiger partial charge >= 0.3 is 0 Å². The Labute approximate surface area is 173 Å². The molecule has 3 aromatic heterocycles. The van der Waals surface area contributed by atoms with Crippen molar-refractivity contribution in [3.8, 4) is 17.1 Å². The molecule has 0 aliphatic rings. The molecular formula is C18H15FN6O2S2. The number of carbonyl (C=O) groups excluding carboxylic acids is 1. The Bertz CT molecular complexity index is 1150. The van der Waals surface area contributed by atoms with Gasteiger partial charge in [0.25, 0.3) is 0 Å². The van der Waals surface area contributed by atoms with Gasteiger partial charge in [-0.2, -0.15) is 0 Å². The molecule has 0 unspecified atom stereocenters. The van der Waals surface area contributed by atoms with E-state index in [0.717, 1.165) is 10.6 Å². The second-order valence-electron chi connectivity index (χ2n) is 5.97. The van der Waals surface area contributed by atoms with E-state index in [1.807, 2.05) is 13.8 Å². The van der Waals surface area contributed by atoms with Crippen LogP contribution in [-0.4, -0.2) is 36.6 Å². The summed E-state index contributed by atoms with van der Waals surface area (Å²) in [5.41, 5.74) is 1.44. The molecule has 4 rings (SSSR count). The van der Waals surface area contributed by atoms with Crippen LogP contribution < -0.4 is 5.32 Å². The number of aryl methyl sites for hydroxylation is 2. The first-order valence-electron chi connectivity index (χ1n) is 8.50. The van der Waals surface area contributed by atoms with Crippen LogP contribution in [0.3, 0.4) is 0 Å². The molecule has 0 saturated carbocycles. The molecule has 0 fully saturated rings. The number of rotatable bonds is 6. The molecule has 148 valence electrons. The molecule has 0 bridgehead atoms. The number of amides is 1. The molecule has 0 aliphatic carbocycles. The highest BCUT2D eigenvalue weighted by Gasteiger charge is 2.20. The van der Waals surface area contributed by atoms with Crippen LogP contribution in [0.4, 0.5) is 9.52 Å². The summed E-state index contributed by atoms with van der Waals surface area (Å²) < 4.78 is 20.6. The van der Waals surface area contributed by atoms with Gasteiger partial charge in [0.2, 0.25) is 11.0 Å². The fourth-order valence-corrected chi connectivity index (χ4v) is 3.97. The Hall–Kier alpha value is -3.05. The number of hydrogen-bond acceptors (Lipinski definition) is 8. The largest absolute Gasteiger partial charge is 0.469 e. The second-order valence-corrected chi connectivity index (χ2v) is 8.10. The molecule has 0 saturated heterocycles. The molecule has 0 radical (unpaired) electrons.